The first-order valence-electron chi connectivity index (χ1n) is 5.85. The number of methoxy groups -OCH3 is 1. The molecule has 0 unspecified atom stereocenters. The summed E-state index contributed by atoms with van der Waals surface area (Å²) in [7, 11) is 1.24. The van der Waals surface area contributed by atoms with Gasteiger partial charge in [-0.25, -0.2) is 4.79 Å². The number of benzene rings is 1. The maximum absolute atomic E-state index is 11.5. The number of aromatic nitrogens is 1. The average Bonchev–Trinajstić information content (AvgIpc) is 2.47. The second kappa shape index (κ2) is 5.92. The zero-order valence-corrected chi connectivity index (χ0v) is 10.8. The number of esters is 1. The molecule has 0 atom stereocenters. The topological polar surface area (TPSA) is 82.3 Å². The van der Waals surface area contributed by atoms with Crippen molar-refractivity contribution in [3.63, 3.8) is 0 Å². The number of nitro groups is 1. The summed E-state index contributed by atoms with van der Waals surface area (Å²) >= 11 is 0. The Morgan fingerprint density at radius 2 is 2.15 bits per heavy atom. The maximum atomic E-state index is 11.5. The van der Waals surface area contributed by atoms with Crippen molar-refractivity contribution in [2.75, 3.05) is 7.11 Å². The molecule has 0 fully saturated rings. The van der Waals surface area contributed by atoms with Crippen molar-refractivity contribution in [2.45, 2.75) is 6.42 Å². The Balaban J connectivity index is 2.39. The summed E-state index contributed by atoms with van der Waals surface area (Å²) in [5, 5.41) is 10.9. The molecule has 1 heterocycles. The summed E-state index contributed by atoms with van der Waals surface area (Å²) in [6.45, 7) is 0. The number of nitro benzene ring substituents is 1. The van der Waals surface area contributed by atoms with Gasteiger partial charge in [0.25, 0.3) is 5.69 Å². The molecule has 2 rings (SSSR count). The molecule has 2 aromatic rings. The number of carbonyl (C=O) groups excluding carboxylic acids is 1. The lowest BCUT2D eigenvalue weighted by molar-refractivity contribution is -0.384. The number of non-ortho nitro benzene ring substituents is 1. The van der Waals surface area contributed by atoms with E-state index in [4.69, 9.17) is 0 Å². The molecule has 6 nitrogen and oxygen atoms in total. The molecule has 0 radical (unpaired) electrons. The van der Waals surface area contributed by atoms with E-state index in [-0.39, 0.29) is 11.3 Å². The van der Waals surface area contributed by atoms with Gasteiger partial charge in [0.2, 0.25) is 0 Å². The molecule has 1 aromatic carbocycles. The first kappa shape index (κ1) is 13.7. The lowest BCUT2D eigenvalue weighted by Crippen LogP contribution is -2.04. The number of ether oxygens (including phenoxy) is 1. The van der Waals surface area contributed by atoms with Crippen LogP contribution in [0, 0.1) is 10.1 Å². The van der Waals surface area contributed by atoms with E-state index in [2.05, 4.69) is 9.72 Å². The zero-order valence-electron chi connectivity index (χ0n) is 10.8. The molecule has 0 aliphatic carbocycles. The second-order valence-corrected chi connectivity index (χ2v) is 4.17. The van der Waals surface area contributed by atoms with Crippen LogP contribution >= 0.6 is 0 Å². The fraction of sp³-hybridized carbons (Fsp3) is 0.143. The van der Waals surface area contributed by atoms with E-state index < -0.39 is 10.9 Å². The normalized spacial score (nSPS) is 10.1. The Morgan fingerprint density at radius 1 is 1.35 bits per heavy atom. The molecule has 1 aromatic heterocycles. The van der Waals surface area contributed by atoms with Gasteiger partial charge in [-0.1, -0.05) is 6.07 Å². The average molecular weight is 272 g/mol. The number of rotatable bonds is 4. The molecular formula is C14H12N2O4. The van der Waals surface area contributed by atoms with E-state index >= 15 is 0 Å². The highest BCUT2D eigenvalue weighted by atomic mass is 16.6. The maximum Gasteiger partial charge on any atom is 0.338 e. The molecule has 102 valence electrons. The minimum atomic E-state index is -0.596. The van der Waals surface area contributed by atoms with Crippen molar-refractivity contribution >= 4 is 11.7 Å². The number of hydrogen-bond acceptors (Lipinski definition) is 5. The predicted octanol–water partition coefficient (Wildman–Crippen LogP) is 2.37. The van der Waals surface area contributed by atoms with Gasteiger partial charge in [0.1, 0.15) is 0 Å². The third kappa shape index (κ3) is 3.17. The Labute approximate surface area is 115 Å². The third-order valence-electron chi connectivity index (χ3n) is 2.74. The van der Waals surface area contributed by atoms with Crippen molar-refractivity contribution in [1.82, 2.24) is 4.98 Å². The van der Waals surface area contributed by atoms with Gasteiger partial charge in [-0.15, -0.1) is 0 Å². The van der Waals surface area contributed by atoms with Crippen LogP contribution in [0.3, 0.4) is 0 Å². The Morgan fingerprint density at radius 3 is 2.75 bits per heavy atom. The molecule has 20 heavy (non-hydrogen) atoms. The SMILES string of the molecule is COC(=O)c1cc(Cc2cccnc2)cc([N+](=O)[O-])c1. The number of carbonyl (C=O) groups is 1. The van der Waals surface area contributed by atoms with Gasteiger partial charge in [-0.2, -0.15) is 0 Å². The highest BCUT2D eigenvalue weighted by Crippen LogP contribution is 2.20. The number of pyridine rings is 1. The van der Waals surface area contributed by atoms with Gasteiger partial charge in [0.05, 0.1) is 17.6 Å². The van der Waals surface area contributed by atoms with Crippen molar-refractivity contribution in [1.29, 1.82) is 0 Å². The molecule has 0 amide bonds. The summed E-state index contributed by atoms with van der Waals surface area (Å²) in [4.78, 5) is 25.9. The molecule has 0 spiro atoms. The molecule has 0 bridgehead atoms. The van der Waals surface area contributed by atoms with Crippen LogP contribution in [0.1, 0.15) is 21.5 Å². The fourth-order valence-electron chi connectivity index (χ4n) is 1.86. The summed E-state index contributed by atoms with van der Waals surface area (Å²) in [6.07, 6.45) is 3.78. The molecule has 0 aliphatic rings. The van der Waals surface area contributed by atoms with E-state index in [0.29, 0.717) is 12.0 Å². The Kier molecular flexibility index (Phi) is 4.05. The first-order valence-corrected chi connectivity index (χ1v) is 5.85. The quantitative estimate of drug-likeness (QED) is 0.484. The van der Waals surface area contributed by atoms with Gasteiger partial charge in [0.15, 0.2) is 0 Å². The van der Waals surface area contributed by atoms with E-state index in [1.807, 2.05) is 6.07 Å². The van der Waals surface area contributed by atoms with Gasteiger partial charge in [0, 0.05) is 24.5 Å². The minimum Gasteiger partial charge on any atom is -0.465 e. The smallest absolute Gasteiger partial charge is 0.338 e. The van der Waals surface area contributed by atoms with E-state index in [9.17, 15) is 14.9 Å². The number of nitrogens with zero attached hydrogens (tertiary/aromatic N) is 2. The van der Waals surface area contributed by atoms with E-state index in [0.717, 1.165) is 5.56 Å². The molecular weight excluding hydrogens is 260 g/mol. The summed E-state index contributed by atoms with van der Waals surface area (Å²) < 4.78 is 4.60. The largest absolute Gasteiger partial charge is 0.465 e. The number of hydrogen-bond donors (Lipinski definition) is 0. The van der Waals surface area contributed by atoms with Crippen molar-refractivity contribution in [3.8, 4) is 0 Å². The lowest BCUT2D eigenvalue weighted by Gasteiger charge is -2.05. The predicted molar refractivity (Wildman–Crippen MR) is 71.5 cm³/mol. The monoisotopic (exact) mass is 272 g/mol. The van der Waals surface area contributed by atoms with Gasteiger partial charge in [-0.3, -0.25) is 15.1 Å². The van der Waals surface area contributed by atoms with Crippen molar-refractivity contribution < 1.29 is 14.5 Å². The van der Waals surface area contributed by atoms with E-state index in [1.54, 1.807) is 24.5 Å². The highest BCUT2D eigenvalue weighted by molar-refractivity contribution is 5.90. The fourth-order valence-corrected chi connectivity index (χ4v) is 1.86. The molecule has 0 N–H and O–H groups in total. The summed E-state index contributed by atoms with van der Waals surface area (Å²) in [5.41, 5.74) is 1.60. The summed E-state index contributed by atoms with van der Waals surface area (Å²) in [5.74, 6) is -0.596. The molecule has 0 saturated heterocycles. The van der Waals surface area contributed by atoms with Crippen molar-refractivity contribution in [2.24, 2.45) is 0 Å². The van der Waals surface area contributed by atoms with Gasteiger partial charge >= 0.3 is 5.97 Å². The lowest BCUT2D eigenvalue weighted by atomic mass is 10.0. The Hall–Kier alpha value is -2.76. The van der Waals surface area contributed by atoms with Crippen LogP contribution in [0.15, 0.2) is 42.7 Å². The van der Waals surface area contributed by atoms with Crippen LogP contribution in [-0.2, 0) is 11.2 Å². The van der Waals surface area contributed by atoms with Crippen LogP contribution in [0.2, 0.25) is 0 Å². The van der Waals surface area contributed by atoms with Gasteiger partial charge < -0.3 is 4.74 Å². The molecule has 6 heteroatoms. The van der Waals surface area contributed by atoms with Crippen LogP contribution in [0.25, 0.3) is 0 Å². The molecule has 0 aliphatic heterocycles. The molecule has 0 saturated carbocycles. The van der Waals surface area contributed by atoms with Crippen LogP contribution in [-0.4, -0.2) is 23.0 Å². The van der Waals surface area contributed by atoms with Crippen LogP contribution in [0.5, 0.6) is 0 Å². The van der Waals surface area contributed by atoms with Gasteiger partial charge in [-0.05, 0) is 29.7 Å². The van der Waals surface area contributed by atoms with Crippen molar-refractivity contribution in [3.05, 3.63) is 69.5 Å². The summed E-state index contributed by atoms with van der Waals surface area (Å²) in [6, 6.07) is 7.89. The third-order valence-corrected chi connectivity index (χ3v) is 2.74. The zero-order chi connectivity index (χ0) is 14.5. The second-order valence-electron chi connectivity index (χ2n) is 4.17. The standard InChI is InChI=1S/C14H12N2O4/c1-20-14(17)12-6-11(7-13(8-12)16(18)19)5-10-3-2-4-15-9-10/h2-4,6-9H,5H2,1H3. The highest BCUT2D eigenvalue weighted by Gasteiger charge is 2.15. The minimum absolute atomic E-state index is 0.133. The first-order chi connectivity index (χ1) is 9.60. The van der Waals surface area contributed by atoms with Crippen LogP contribution in [0.4, 0.5) is 5.69 Å². The Bertz CT molecular complexity index is 641. The van der Waals surface area contributed by atoms with E-state index in [1.165, 1.54) is 19.2 Å². The van der Waals surface area contributed by atoms with Crippen LogP contribution < -0.4 is 0 Å².